The average Bonchev–Trinajstić information content (AvgIpc) is 3.37. The molecule has 1 aliphatic heterocycles. The Bertz CT molecular complexity index is 1920. The SMILES string of the molecule is O=C(Nc1ccccc1)Nc1ccn([C@@H]2O[C@H](COP(=O)(O)OP(=O)(O)OCc3ccccc3)[C@H](O)C2OC(=O)Oc2ccccc2)c(=O)n1. The molecule has 18 nitrogen and oxygen atoms in total. The highest BCUT2D eigenvalue weighted by molar-refractivity contribution is 7.61. The molecule has 5 rings (SSSR count). The number of amides is 2. The van der Waals surface area contributed by atoms with Crippen molar-refractivity contribution in [2.75, 3.05) is 17.2 Å². The van der Waals surface area contributed by atoms with Crippen molar-refractivity contribution in [3.05, 3.63) is 119 Å². The van der Waals surface area contributed by atoms with Gasteiger partial charge in [0.1, 0.15) is 23.8 Å². The fourth-order valence-electron chi connectivity index (χ4n) is 4.48. The van der Waals surface area contributed by atoms with Crippen molar-refractivity contribution in [3.63, 3.8) is 0 Å². The van der Waals surface area contributed by atoms with E-state index in [1.165, 1.54) is 18.2 Å². The Hall–Kier alpha value is -4.74. The van der Waals surface area contributed by atoms with Crippen LogP contribution < -0.4 is 21.1 Å². The summed E-state index contributed by atoms with van der Waals surface area (Å²) in [6.45, 7) is -1.41. The van der Waals surface area contributed by atoms with Gasteiger partial charge in [-0.3, -0.25) is 18.9 Å². The molecule has 0 radical (unpaired) electrons. The molecule has 50 heavy (non-hydrogen) atoms. The Morgan fingerprint density at radius 2 is 1.48 bits per heavy atom. The van der Waals surface area contributed by atoms with E-state index in [-0.39, 0.29) is 11.6 Å². The fourth-order valence-corrected chi connectivity index (χ4v) is 6.55. The Morgan fingerprint density at radius 1 is 0.860 bits per heavy atom. The van der Waals surface area contributed by atoms with E-state index < -0.39 is 71.3 Å². The summed E-state index contributed by atoms with van der Waals surface area (Å²) in [5.41, 5.74) is -0.0886. The number of anilines is 2. The summed E-state index contributed by atoms with van der Waals surface area (Å²) < 4.78 is 55.7. The van der Waals surface area contributed by atoms with E-state index in [0.29, 0.717) is 11.3 Å². The molecule has 1 fully saturated rings. The van der Waals surface area contributed by atoms with E-state index >= 15 is 0 Å². The molecule has 20 heteroatoms. The maximum absolute atomic E-state index is 13.1. The minimum Gasteiger partial charge on any atom is -0.423 e. The molecule has 3 aromatic carbocycles. The smallest absolute Gasteiger partial charge is 0.423 e. The molecule has 1 aliphatic rings. The summed E-state index contributed by atoms with van der Waals surface area (Å²) in [6.07, 6.45) is -6.93. The number of hydrogen-bond acceptors (Lipinski definition) is 13. The number of ether oxygens (including phenoxy) is 3. The zero-order valence-electron chi connectivity index (χ0n) is 25.7. The average molecular weight is 733 g/mol. The van der Waals surface area contributed by atoms with Crippen molar-refractivity contribution in [2.24, 2.45) is 0 Å². The van der Waals surface area contributed by atoms with Gasteiger partial charge in [-0.05, 0) is 35.9 Å². The molecule has 6 atom stereocenters. The Labute approximate surface area is 283 Å². The van der Waals surface area contributed by atoms with Crippen molar-refractivity contribution in [2.45, 2.75) is 31.1 Å². The van der Waals surface area contributed by atoms with Crippen LogP contribution in [0.3, 0.4) is 0 Å². The zero-order chi connectivity index (χ0) is 35.7. The highest BCUT2D eigenvalue weighted by Crippen LogP contribution is 2.61. The number of aliphatic hydroxyl groups is 1. The lowest BCUT2D eigenvalue weighted by molar-refractivity contribution is -0.0604. The van der Waals surface area contributed by atoms with E-state index in [9.17, 15) is 38.4 Å². The molecule has 3 unspecified atom stereocenters. The molecule has 4 aromatic rings. The van der Waals surface area contributed by atoms with Gasteiger partial charge in [0.15, 0.2) is 12.3 Å². The summed E-state index contributed by atoms with van der Waals surface area (Å²) >= 11 is 0. The number of aromatic nitrogens is 2. The first-order valence-corrected chi connectivity index (χ1v) is 17.6. The minimum absolute atomic E-state index is 0.0895. The quantitative estimate of drug-likeness (QED) is 0.0735. The minimum atomic E-state index is -5.34. The molecular formula is C30H30N4O14P2. The standard InChI is InChI=1S/C30H30N4O14P2/c35-25-23(19-44-50(41,42)48-49(39,40)43-18-20-10-4-1-5-11-20)46-27(26(25)47-30(38)45-22-14-8-3-9-15-22)34-17-16-24(33-29(34)37)32-28(36)31-21-12-6-2-7-13-21/h1-17,23,25-27,35H,18-19H2,(H,39,40)(H,41,42)(H2,31,32,33,36,37)/t23-,25+,26?,27-/m1/s1. The first kappa shape index (κ1) is 36.5. The van der Waals surface area contributed by atoms with Crippen molar-refractivity contribution < 1.29 is 61.2 Å². The topological polar surface area (TPSA) is 243 Å². The number of carbonyl (C=O) groups excluding carboxylic acids is 2. The molecule has 0 aliphatic carbocycles. The van der Waals surface area contributed by atoms with Crippen LogP contribution in [0.15, 0.2) is 108 Å². The first-order chi connectivity index (χ1) is 23.9. The molecule has 0 saturated carbocycles. The molecule has 264 valence electrons. The van der Waals surface area contributed by atoms with Crippen molar-refractivity contribution in [1.29, 1.82) is 0 Å². The Kier molecular flexibility index (Phi) is 11.9. The summed E-state index contributed by atoms with van der Waals surface area (Å²) in [7, 11) is -10.5. The number of hydrogen-bond donors (Lipinski definition) is 5. The van der Waals surface area contributed by atoms with Gasteiger partial charge >= 0.3 is 33.5 Å². The van der Waals surface area contributed by atoms with Gasteiger partial charge in [0, 0.05) is 11.9 Å². The maximum atomic E-state index is 13.1. The van der Waals surface area contributed by atoms with Crippen LogP contribution in [0.1, 0.15) is 11.8 Å². The number of carbonyl (C=O) groups is 2. The largest absolute Gasteiger partial charge is 0.514 e. The van der Waals surface area contributed by atoms with Gasteiger partial charge in [-0.15, -0.1) is 0 Å². The van der Waals surface area contributed by atoms with Crippen LogP contribution in [0.4, 0.5) is 21.1 Å². The van der Waals surface area contributed by atoms with Crippen LogP contribution in [-0.2, 0) is 38.6 Å². The van der Waals surface area contributed by atoms with E-state index in [4.69, 9.17) is 23.3 Å². The molecule has 1 aromatic heterocycles. The number of benzene rings is 3. The van der Waals surface area contributed by atoms with Crippen LogP contribution in [0.2, 0.25) is 0 Å². The Balaban J connectivity index is 1.28. The number of nitrogens with one attached hydrogen (secondary N) is 2. The third kappa shape index (κ3) is 10.4. The van der Waals surface area contributed by atoms with E-state index in [2.05, 4.69) is 19.9 Å². The van der Waals surface area contributed by atoms with E-state index in [1.54, 1.807) is 78.9 Å². The number of phosphoric acid groups is 2. The molecule has 5 N–H and O–H groups in total. The second-order valence-corrected chi connectivity index (χ2v) is 13.4. The van der Waals surface area contributed by atoms with Crippen molar-refractivity contribution in [1.82, 2.24) is 9.55 Å². The molecule has 1 saturated heterocycles. The van der Waals surface area contributed by atoms with Crippen LogP contribution >= 0.6 is 15.6 Å². The van der Waals surface area contributed by atoms with Gasteiger partial charge in [0.05, 0.1) is 13.2 Å². The first-order valence-electron chi connectivity index (χ1n) is 14.6. The number of aliphatic hydroxyl groups excluding tert-OH is 1. The Morgan fingerprint density at radius 3 is 2.14 bits per heavy atom. The predicted octanol–water partition coefficient (Wildman–Crippen LogP) is 4.18. The molecular weight excluding hydrogens is 702 g/mol. The summed E-state index contributed by atoms with van der Waals surface area (Å²) in [5.74, 6) is -0.0768. The lowest BCUT2D eigenvalue weighted by Gasteiger charge is -2.21. The van der Waals surface area contributed by atoms with Crippen molar-refractivity contribution >= 4 is 39.3 Å². The maximum Gasteiger partial charge on any atom is 0.514 e. The van der Waals surface area contributed by atoms with Crippen LogP contribution in [0.5, 0.6) is 5.75 Å². The molecule has 2 heterocycles. The molecule has 0 bridgehead atoms. The third-order valence-corrected chi connectivity index (χ3v) is 9.29. The summed E-state index contributed by atoms with van der Waals surface area (Å²) in [4.78, 5) is 62.0. The number of rotatable bonds is 13. The fraction of sp³-hybridized carbons (Fsp3) is 0.200. The highest BCUT2D eigenvalue weighted by Gasteiger charge is 2.49. The third-order valence-electron chi connectivity index (χ3n) is 6.71. The number of nitrogens with zero attached hydrogens (tertiary/aromatic N) is 2. The van der Waals surface area contributed by atoms with Crippen LogP contribution in [0, 0.1) is 0 Å². The zero-order valence-corrected chi connectivity index (χ0v) is 27.4. The second kappa shape index (κ2) is 16.3. The highest BCUT2D eigenvalue weighted by atomic mass is 31.3. The van der Waals surface area contributed by atoms with E-state index in [0.717, 1.165) is 10.8 Å². The summed E-state index contributed by atoms with van der Waals surface area (Å²) in [6, 6.07) is 24.8. The molecule has 2 amide bonds. The van der Waals surface area contributed by atoms with Crippen LogP contribution in [0.25, 0.3) is 0 Å². The van der Waals surface area contributed by atoms with Crippen molar-refractivity contribution in [3.8, 4) is 5.75 Å². The monoisotopic (exact) mass is 732 g/mol. The van der Waals surface area contributed by atoms with Gasteiger partial charge in [0.25, 0.3) is 0 Å². The normalized spacial score (nSPS) is 20.9. The van der Waals surface area contributed by atoms with E-state index in [1.807, 2.05) is 0 Å². The molecule has 0 spiro atoms. The predicted molar refractivity (Wildman–Crippen MR) is 173 cm³/mol. The van der Waals surface area contributed by atoms with Gasteiger partial charge in [-0.2, -0.15) is 9.29 Å². The van der Waals surface area contributed by atoms with Gasteiger partial charge in [-0.25, -0.2) is 23.5 Å². The van der Waals surface area contributed by atoms with Gasteiger partial charge in [-0.1, -0.05) is 66.7 Å². The lowest BCUT2D eigenvalue weighted by Crippen LogP contribution is -2.40. The van der Waals surface area contributed by atoms with Crippen LogP contribution in [-0.4, -0.2) is 61.5 Å². The number of urea groups is 1. The number of para-hydroxylation sites is 2. The second-order valence-electron chi connectivity index (χ2n) is 10.3. The van der Waals surface area contributed by atoms with Gasteiger partial charge in [0.2, 0.25) is 0 Å². The summed E-state index contributed by atoms with van der Waals surface area (Å²) in [5, 5.41) is 16.0. The number of phosphoric ester groups is 2. The van der Waals surface area contributed by atoms with Gasteiger partial charge < -0.3 is 34.4 Å². The lowest BCUT2D eigenvalue weighted by atomic mass is 10.1.